The van der Waals surface area contributed by atoms with Crippen molar-refractivity contribution in [3.05, 3.63) is 10.4 Å². The molecule has 0 N–H and O–H groups in total. The van der Waals surface area contributed by atoms with Gasteiger partial charge in [0.1, 0.15) is 19.8 Å². The Morgan fingerprint density at radius 2 is 0.551 bits per heavy atom. The van der Waals surface area contributed by atoms with Crippen molar-refractivity contribution < 1.29 is 129 Å². The highest BCUT2D eigenvalue weighted by Gasteiger charge is 2.54. The second kappa shape index (κ2) is 39.2. The number of thioether (sulfide) groups is 3. The number of ether oxygens (including phenoxy) is 15. The molecule has 0 bridgehead atoms. The number of azide groups is 1. The number of carbonyl (C=O) groups is 12. The first-order valence-corrected chi connectivity index (χ1v) is 31.4. The van der Waals surface area contributed by atoms with Crippen LogP contribution in [0.25, 0.3) is 10.4 Å². The smallest absolute Gasteiger partial charge is 0.303 e. The lowest BCUT2D eigenvalue weighted by molar-refractivity contribution is -0.186. The van der Waals surface area contributed by atoms with Crippen LogP contribution in [0.2, 0.25) is 0 Å². The van der Waals surface area contributed by atoms with Gasteiger partial charge in [0, 0.05) is 136 Å². The third-order valence-electron chi connectivity index (χ3n) is 13.3. The average Bonchev–Trinajstić information content (AvgIpc) is 1.95. The van der Waals surface area contributed by atoms with Gasteiger partial charge in [-0.05, 0) is 44.1 Å². The molecule has 0 unspecified atom stereocenters. The molecular weight excluding hydrogens is 1240 g/mol. The minimum absolute atomic E-state index is 0.0215. The Morgan fingerprint density at radius 3 is 0.753 bits per heavy atom. The van der Waals surface area contributed by atoms with Crippen molar-refractivity contribution in [2.45, 2.75) is 208 Å². The molecule has 3 rings (SSSR count). The monoisotopic (exact) mass is 1330 g/mol. The van der Waals surface area contributed by atoms with Crippen LogP contribution in [0.3, 0.4) is 0 Å². The number of hydrogen-bond donors (Lipinski definition) is 0. The Morgan fingerprint density at radius 1 is 0.337 bits per heavy atom. The fourth-order valence-corrected chi connectivity index (χ4v) is 15.0. The van der Waals surface area contributed by atoms with Crippen molar-refractivity contribution >= 4 is 107 Å². The zero-order chi connectivity index (χ0) is 66.5. The van der Waals surface area contributed by atoms with Gasteiger partial charge in [-0.3, -0.25) is 57.5 Å². The van der Waals surface area contributed by atoms with Crippen molar-refractivity contribution in [1.82, 2.24) is 0 Å². The normalized spacial score (nSPS) is 26.4. The average molecular weight is 1330 g/mol. The van der Waals surface area contributed by atoms with Crippen LogP contribution in [0.4, 0.5) is 0 Å². The van der Waals surface area contributed by atoms with Gasteiger partial charge in [-0.1, -0.05) is 5.11 Å². The molecule has 3 aliphatic rings. The van der Waals surface area contributed by atoms with Crippen LogP contribution in [0, 0.1) is 5.41 Å². The maximum Gasteiger partial charge on any atom is 0.303 e. The van der Waals surface area contributed by atoms with E-state index in [2.05, 4.69) is 10.0 Å². The lowest BCUT2D eigenvalue weighted by Gasteiger charge is -2.44. The molecule has 0 aromatic heterocycles. The summed E-state index contributed by atoms with van der Waals surface area (Å²) < 4.78 is 85.8. The van der Waals surface area contributed by atoms with E-state index < -0.39 is 163 Å². The fourth-order valence-electron chi connectivity index (χ4n) is 10.1. The van der Waals surface area contributed by atoms with Crippen molar-refractivity contribution in [3.63, 3.8) is 0 Å². The molecular formula is C56H83N3O27S3. The quantitative estimate of drug-likeness (QED) is 0.0214. The van der Waals surface area contributed by atoms with Crippen LogP contribution in [-0.2, 0) is 129 Å². The first-order chi connectivity index (χ1) is 41.9. The van der Waals surface area contributed by atoms with Gasteiger partial charge in [0.15, 0.2) is 54.9 Å². The molecule has 15 atom stereocenters. The Bertz CT molecular complexity index is 2240. The number of esters is 12. The Labute approximate surface area is 528 Å². The molecule has 30 nitrogen and oxygen atoms in total. The molecule has 0 radical (unpaired) electrons. The molecule has 3 fully saturated rings. The van der Waals surface area contributed by atoms with Gasteiger partial charge in [0.25, 0.3) is 0 Å². The summed E-state index contributed by atoms with van der Waals surface area (Å²) in [6.45, 7) is 12.5. The van der Waals surface area contributed by atoms with Gasteiger partial charge < -0.3 is 71.1 Å². The Hall–Kier alpha value is -6.12. The van der Waals surface area contributed by atoms with Crippen molar-refractivity contribution in [1.29, 1.82) is 0 Å². The minimum Gasteiger partial charge on any atom is -0.465 e. The third-order valence-corrected chi connectivity index (χ3v) is 18.1. The van der Waals surface area contributed by atoms with E-state index >= 15 is 0 Å². The third kappa shape index (κ3) is 27.9. The van der Waals surface area contributed by atoms with Gasteiger partial charge in [-0.25, -0.2) is 0 Å². The molecule has 3 heterocycles. The highest BCUT2D eigenvalue weighted by atomic mass is 32.2. The van der Waals surface area contributed by atoms with Gasteiger partial charge >= 0.3 is 71.6 Å². The summed E-state index contributed by atoms with van der Waals surface area (Å²) in [5, 5.41) is -0.292. The maximum atomic E-state index is 12.5. The SMILES string of the molecule is CC(=O)OC[C@H]1S[C@H](CCCOCC(CN=[N+]=[N-])(COCCC[C@H]2S[C@H](COC(C)=O)[C@@H](OC(C)=O)[C@H](OC(C)=O)[C@@H]2OC(C)=O)COCCC[C@H]2S[C@H](COC(C)=O)[C@@H](OC(C)=O)[C@H](OC(C)=O)[C@@H]2OC(C)=O)[C@@H](OC(C)=O)[C@@H](OC(C)=O)[C@@H]1OC(C)=O. The predicted octanol–water partition coefficient (Wildman–Crippen LogP) is 4.20. The molecule has 0 spiro atoms. The van der Waals surface area contributed by atoms with Crippen molar-refractivity contribution in [2.75, 3.05) is 66.0 Å². The van der Waals surface area contributed by atoms with E-state index in [1.807, 2.05) is 0 Å². The number of nitrogens with zero attached hydrogens (tertiary/aromatic N) is 3. The summed E-state index contributed by atoms with van der Waals surface area (Å²) in [7, 11) is 0. The van der Waals surface area contributed by atoms with E-state index in [0.29, 0.717) is 0 Å². The zero-order valence-electron chi connectivity index (χ0n) is 52.1. The molecule has 0 saturated carbocycles. The molecule has 3 saturated heterocycles. The van der Waals surface area contributed by atoms with Crippen LogP contribution < -0.4 is 0 Å². The largest absolute Gasteiger partial charge is 0.465 e. The highest BCUT2D eigenvalue weighted by Crippen LogP contribution is 2.43. The molecule has 0 amide bonds. The number of carbonyl (C=O) groups excluding carboxylic acids is 12. The van der Waals surface area contributed by atoms with E-state index in [4.69, 9.17) is 71.1 Å². The standard InChI is InChI=1S/C56H83N3O27S3/c1-29(60)75-22-44-50(81-35(7)66)53(84-38(10)69)47(78-32(4)63)41(87-44)16-13-19-72-26-56(25-58-59-57,27-73-20-14-17-42-48(79-33(5)64)54(85-39(11)70)51(82-36(8)67)45(88-42)23-76-30(2)61)28-74-21-15-18-43-49(80-34(6)65)55(86-40(12)71)52(83-37(9)68)46(89-43)24-77-31(3)62/h41-55H,13-28H2,1-12H3/t41-,42-,43-,44-,45-,46-,47-,48-,49-,50-,51-,52-,53-,54-,55-/m1/s1. The Balaban J connectivity index is 1.97. The summed E-state index contributed by atoms with van der Waals surface area (Å²) in [5.41, 5.74) is 8.49. The van der Waals surface area contributed by atoms with E-state index in [1.54, 1.807) is 0 Å². The van der Waals surface area contributed by atoms with Crippen LogP contribution in [0.1, 0.15) is 122 Å². The predicted molar refractivity (Wildman–Crippen MR) is 312 cm³/mol. The van der Waals surface area contributed by atoms with Gasteiger partial charge in [0.2, 0.25) is 0 Å². The summed E-state index contributed by atoms with van der Waals surface area (Å²) in [6, 6.07) is 0. The fraction of sp³-hybridized carbons (Fsp3) is 0.786. The van der Waals surface area contributed by atoms with Gasteiger partial charge in [-0.2, -0.15) is 0 Å². The van der Waals surface area contributed by atoms with Gasteiger partial charge in [-0.15, -0.1) is 35.3 Å². The molecule has 502 valence electrons. The summed E-state index contributed by atoms with van der Waals surface area (Å²) in [6.07, 6.45) is -9.33. The van der Waals surface area contributed by atoms with Crippen molar-refractivity contribution in [2.24, 2.45) is 10.5 Å². The highest BCUT2D eigenvalue weighted by molar-refractivity contribution is 8.01. The van der Waals surface area contributed by atoms with Crippen LogP contribution in [0.15, 0.2) is 5.11 Å². The topological polar surface area (TPSA) is 392 Å². The lowest BCUT2D eigenvalue weighted by Crippen LogP contribution is -2.58. The van der Waals surface area contributed by atoms with Crippen LogP contribution >= 0.6 is 35.3 Å². The van der Waals surface area contributed by atoms with E-state index in [9.17, 15) is 63.1 Å². The van der Waals surface area contributed by atoms with Crippen molar-refractivity contribution in [3.8, 4) is 0 Å². The minimum atomic E-state index is -1.29. The van der Waals surface area contributed by atoms with E-state index in [0.717, 1.165) is 62.3 Å². The van der Waals surface area contributed by atoms with Gasteiger partial charge in [0.05, 0.1) is 35.6 Å². The molecule has 33 heteroatoms. The number of hydrogen-bond acceptors (Lipinski definition) is 31. The molecule has 89 heavy (non-hydrogen) atoms. The van der Waals surface area contributed by atoms with E-state index in [-0.39, 0.29) is 105 Å². The van der Waals surface area contributed by atoms with Crippen LogP contribution in [0.5, 0.6) is 0 Å². The lowest BCUT2D eigenvalue weighted by atomic mass is 9.91. The van der Waals surface area contributed by atoms with E-state index in [1.165, 1.54) is 56.1 Å². The van der Waals surface area contributed by atoms with Crippen LogP contribution in [-0.4, -0.2) is 224 Å². The zero-order valence-corrected chi connectivity index (χ0v) is 54.5. The molecule has 0 aromatic carbocycles. The first kappa shape index (κ1) is 77.1. The molecule has 0 aromatic rings. The molecule has 3 aliphatic heterocycles. The summed E-state index contributed by atoms with van der Waals surface area (Å²) in [4.78, 5) is 151. The molecule has 0 aliphatic carbocycles. The second-order valence-corrected chi connectivity index (χ2v) is 25.6. The Kier molecular flexibility index (Phi) is 34.0. The first-order valence-electron chi connectivity index (χ1n) is 28.6. The number of rotatable bonds is 35. The second-order valence-electron chi connectivity index (χ2n) is 21.2. The summed E-state index contributed by atoms with van der Waals surface area (Å²) >= 11 is 3.61. The summed E-state index contributed by atoms with van der Waals surface area (Å²) in [5.74, 6) is -8.50. The maximum absolute atomic E-state index is 12.5.